The Labute approximate surface area is 167 Å². The molecule has 1 aromatic heterocycles. The highest BCUT2D eigenvalue weighted by Gasteiger charge is 2.25. The van der Waals surface area contributed by atoms with Crippen molar-refractivity contribution in [3.8, 4) is 5.75 Å². The molecule has 0 spiro atoms. The van der Waals surface area contributed by atoms with Crippen LogP contribution in [-0.2, 0) is 20.7 Å². The Morgan fingerprint density at radius 3 is 2.61 bits per heavy atom. The first-order chi connectivity index (χ1) is 13.7. The van der Waals surface area contributed by atoms with Gasteiger partial charge >= 0.3 is 5.97 Å². The van der Waals surface area contributed by atoms with Crippen LogP contribution in [0.2, 0.25) is 0 Å². The van der Waals surface area contributed by atoms with Crippen molar-refractivity contribution in [3.05, 3.63) is 82.6 Å². The summed E-state index contributed by atoms with van der Waals surface area (Å²) in [6.07, 6.45) is -0.226. The van der Waals surface area contributed by atoms with Gasteiger partial charge in [0, 0.05) is 23.7 Å². The van der Waals surface area contributed by atoms with Crippen LogP contribution in [0.1, 0.15) is 23.7 Å². The summed E-state index contributed by atoms with van der Waals surface area (Å²) in [7, 11) is 1.56. The highest BCUT2D eigenvalue weighted by atomic mass is 32.1. The van der Waals surface area contributed by atoms with Gasteiger partial charge in [-0.05, 0) is 40.9 Å². The fourth-order valence-corrected chi connectivity index (χ4v) is 3.38. The van der Waals surface area contributed by atoms with Crippen LogP contribution >= 0.6 is 11.3 Å². The number of carbonyl (C=O) groups is 2. The maximum Gasteiger partial charge on any atom is 0.307 e. The summed E-state index contributed by atoms with van der Waals surface area (Å²) in [5, 5.41) is 6.76. The molecule has 1 atom stereocenters. The molecule has 0 saturated carbocycles. The van der Waals surface area contributed by atoms with Gasteiger partial charge in [0.15, 0.2) is 0 Å². The molecule has 5 nitrogen and oxygen atoms in total. The summed E-state index contributed by atoms with van der Waals surface area (Å²) < 4.78 is 10.7. The van der Waals surface area contributed by atoms with Gasteiger partial charge in [0.05, 0.1) is 7.11 Å². The molecule has 1 heterocycles. The molecule has 28 heavy (non-hydrogen) atoms. The van der Waals surface area contributed by atoms with Crippen LogP contribution in [0.3, 0.4) is 0 Å². The second kappa shape index (κ2) is 9.71. The van der Waals surface area contributed by atoms with E-state index in [-0.39, 0.29) is 6.42 Å². The molecule has 0 aliphatic rings. The van der Waals surface area contributed by atoms with Crippen LogP contribution in [-0.4, -0.2) is 19.0 Å². The lowest BCUT2D eigenvalue weighted by atomic mass is 10.1. The van der Waals surface area contributed by atoms with Gasteiger partial charge in [-0.15, -0.1) is 0 Å². The van der Waals surface area contributed by atoms with Crippen LogP contribution in [0.25, 0.3) is 0 Å². The zero-order valence-corrected chi connectivity index (χ0v) is 16.3. The predicted octanol–water partition coefficient (Wildman–Crippen LogP) is 4.61. The van der Waals surface area contributed by atoms with E-state index in [9.17, 15) is 9.59 Å². The minimum atomic E-state index is -1.03. The number of anilines is 1. The van der Waals surface area contributed by atoms with Crippen molar-refractivity contribution >= 4 is 28.9 Å². The molecule has 0 bridgehead atoms. The molecular weight excluding hydrogens is 374 g/mol. The molecule has 2 aromatic carbocycles. The molecule has 3 rings (SSSR count). The zero-order chi connectivity index (χ0) is 19.8. The first-order valence-corrected chi connectivity index (χ1v) is 9.80. The largest absolute Gasteiger partial charge is 0.497 e. The third kappa shape index (κ3) is 5.44. The molecule has 3 aromatic rings. The number of carbonyl (C=O) groups excluding carboxylic acids is 2. The van der Waals surface area contributed by atoms with Gasteiger partial charge in [-0.25, -0.2) is 0 Å². The summed E-state index contributed by atoms with van der Waals surface area (Å²) in [6.45, 7) is 0. The maximum atomic E-state index is 12.9. The number of thiophene rings is 1. The summed E-state index contributed by atoms with van der Waals surface area (Å²) in [4.78, 5) is 25.2. The molecule has 1 amide bonds. The average Bonchev–Trinajstić information content (AvgIpc) is 3.25. The van der Waals surface area contributed by atoms with E-state index < -0.39 is 18.0 Å². The summed E-state index contributed by atoms with van der Waals surface area (Å²) >= 11 is 1.58. The number of rotatable bonds is 8. The molecule has 0 saturated heterocycles. The van der Waals surface area contributed by atoms with E-state index in [1.165, 1.54) is 0 Å². The Hall–Kier alpha value is -3.12. The number of amides is 1. The molecule has 144 valence electrons. The fourth-order valence-electron chi connectivity index (χ4n) is 2.68. The SMILES string of the molecule is COc1cccc(NC(=O)[C@H](OC(=O)CCc2ccsc2)c2ccccc2)c1. The molecule has 0 fully saturated rings. The van der Waals surface area contributed by atoms with E-state index in [0.29, 0.717) is 23.4 Å². The monoisotopic (exact) mass is 395 g/mol. The highest BCUT2D eigenvalue weighted by molar-refractivity contribution is 7.07. The minimum absolute atomic E-state index is 0.215. The molecule has 0 aliphatic carbocycles. The second-order valence-electron chi connectivity index (χ2n) is 6.13. The Balaban J connectivity index is 1.71. The maximum absolute atomic E-state index is 12.9. The van der Waals surface area contributed by atoms with Crippen LogP contribution < -0.4 is 10.1 Å². The number of methoxy groups -OCH3 is 1. The van der Waals surface area contributed by atoms with Gasteiger partial charge in [-0.1, -0.05) is 36.4 Å². The third-order valence-electron chi connectivity index (χ3n) is 4.12. The van der Waals surface area contributed by atoms with Crippen molar-refractivity contribution in [3.63, 3.8) is 0 Å². The van der Waals surface area contributed by atoms with Crippen LogP contribution in [0.5, 0.6) is 5.75 Å². The zero-order valence-electron chi connectivity index (χ0n) is 15.5. The van der Waals surface area contributed by atoms with E-state index in [2.05, 4.69) is 5.32 Å². The molecule has 0 radical (unpaired) electrons. The number of benzene rings is 2. The normalized spacial score (nSPS) is 11.5. The fraction of sp³-hybridized carbons (Fsp3) is 0.182. The number of hydrogen-bond donors (Lipinski definition) is 1. The lowest BCUT2D eigenvalue weighted by Crippen LogP contribution is -2.26. The summed E-state index contributed by atoms with van der Waals surface area (Å²) in [5.41, 5.74) is 2.27. The van der Waals surface area contributed by atoms with Crippen LogP contribution in [0.15, 0.2) is 71.4 Å². The Bertz CT molecular complexity index is 909. The lowest BCUT2D eigenvalue weighted by Gasteiger charge is -2.18. The summed E-state index contributed by atoms with van der Waals surface area (Å²) in [5.74, 6) is -0.203. The van der Waals surface area contributed by atoms with Crippen molar-refractivity contribution in [1.82, 2.24) is 0 Å². The second-order valence-corrected chi connectivity index (χ2v) is 6.91. The van der Waals surface area contributed by atoms with Gasteiger partial charge in [-0.3, -0.25) is 9.59 Å². The number of nitrogens with one attached hydrogen (secondary N) is 1. The number of esters is 1. The first kappa shape index (κ1) is 19.6. The average molecular weight is 395 g/mol. The molecule has 1 N–H and O–H groups in total. The van der Waals surface area contributed by atoms with Crippen molar-refractivity contribution in [1.29, 1.82) is 0 Å². The van der Waals surface area contributed by atoms with Gasteiger partial charge < -0.3 is 14.8 Å². The Morgan fingerprint density at radius 1 is 1.07 bits per heavy atom. The van der Waals surface area contributed by atoms with E-state index in [4.69, 9.17) is 9.47 Å². The quantitative estimate of drug-likeness (QED) is 0.566. The van der Waals surface area contributed by atoms with Crippen molar-refractivity contribution < 1.29 is 19.1 Å². The highest BCUT2D eigenvalue weighted by Crippen LogP contribution is 2.23. The summed E-state index contributed by atoms with van der Waals surface area (Å²) in [6, 6.07) is 18.0. The Morgan fingerprint density at radius 2 is 1.89 bits per heavy atom. The molecule has 0 unspecified atom stereocenters. The first-order valence-electron chi connectivity index (χ1n) is 8.86. The smallest absolute Gasteiger partial charge is 0.307 e. The number of ether oxygens (including phenoxy) is 2. The topological polar surface area (TPSA) is 64.6 Å². The Kier molecular flexibility index (Phi) is 6.81. The third-order valence-corrected chi connectivity index (χ3v) is 4.86. The standard InChI is InChI=1S/C22H21NO4S/c1-26-19-9-5-8-18(14-19)23-22(25)21(17-6-3-2-4-7-17)27-20(24)11-10-16-12-13-28-15-16/h2-9,12-15,21H,10-11H2,1H3,(H,23,25)/t21-/m1/s1. The predicted molar refractivity (Wildman–Crippen MR) is 110 cm³/mol. The van der Waals surface area contributed by atoms with Gasteiger partial charge in [0.2, 0.25) is 6.10 Å². The van der Waals surface area contributed by atoms with E-state index in [0.717, 1.165) is 5.56 Å². The molecular formula is C22H21NO4S. The van der Waals surface area contributed by atoms with E-state index >= 15 is 0 Å². The lowest BCUT2D eigenvalue weighted by molar-refractivity contribution is -0.154. The minimum Gasteiger partial charge on any atom is -0.497 e. The van der Waals surface area contributed by atoms with Gasteiger partial charge in [0.1, 0.15) is 5.75 Å². The number of hydrogen-bond acceptors (Lipinski definition) is 5. The van der Waals surface area contributed by atoms with E-state index in [1.807, 2.05) is 22.9 Å². The van der Waals surface area contributed by atoms with Crippen molar-refractivity contribution in [2.75, 3.05) is 12.4 Å². The number of aryl methyl sites for hydroxylation is 1. The molecule has 0 aliphatic heterocycles. The van der Waals surface area contributed by atoms with Gasteiger partial charge in [-0.2, -0.15) is 11.3 Å². The van der Waals surface area contributed by atoms with Crippen molar-refractivity contribution in [2.45, 2.75) is 18.9 Å². The van der Waals surface area contributed by atoms with Crippen LogP contribution in [0.4, 0.5) is 5.69 Å². The molecule has 6 heteroatoms. The van der Waals surface area contributed by atoms with Crippen LogP contribution in [0, 0.1) is 0 Å². The van der Waals surface area contributed by atoms with Gasteiger partial charge in [0.25, 0.3) is 5.91 Å². The van der Waals surface area contributed by atoms with E-state index in [1.54, 1.807) is 67.0 Å². The van der Waals surface area contributed by atoms with Crippen molar-refractivity contribution in [2.24, 2.45) is 0 Å².